The fourth-order valence-electron chi connectivity index (χ4n) is 2.95. The van der Waals surface area contributed by atoms with E-state index in [2.05, 4.69) is 39.2 Å². The Morgan fingerprint density at radius 1 is 1.20 bits per heavy atom. The molecule has 124 valence electrons. The first kappa shape index (κ1) is 15.8. The second-order valence-electron chi connectivity index (χ2n) is 6.05. The highest BCUT2D eigenvalue weighted by Gasteiger charge is 2.14. The number of nitrogens with two attached hydrogens (primary N) is 1. The number of fused-ring (bicyclic) bond motifs is 1. The molecule has 0 fully saturated rings. The number of nitriles is 1. The Hall–Kier alpha value is -2.75. The van der Waals surface area contributed by atoms with Gasteiger partial charge in [0.15, 0.2) is 5.82 Å². The van der Waals surface area contributed by atoms with E-state index in [1.54, 1.807) is 23.5 Å². The van der Waals surface area contributed by atoms with Crippen LogP contribution in [0.25, 0.3) is 21.6 Å². The Morgan fingerprint density at radius 2 is 2.04 bits per heavy atom. The zero-order chi connectivity index (χ0) is 17.2. The average Bonchev–Trinajstić information content (AvgIpc) is 3.05. The Balaban J connectivity index is 1.66. The molecule has 1 aromatic carbocycles. The van der Waals surface area contributed by atoms with Gasteiger partial charge in [-0.2, -0.15) is 5.26 Å². The third kappa shape index (κ3) is 3.25. The van der Waals surface area contributed by atoms with Gasteiger partial charge in [-0.1, -0.05) is 12.2 Å². The van der Waals surface area contributed by atoms with Crippen LogP contribution in [0.4, 0.5) is 5.82 Å². The topological polar surface area (TPSA) is 78.8 Å². The Bertz CT molecular complexity index is 981. The zero-order valence-electron chi connectivity index (χ0n) is 13.6. The molecule has 3 aromatic rings. The standard InChI is InChI=1S/C19H17N5S/c20-11-13-4-6-14(7-5-13)18-22-17(21)16-10-15(25-19(16)23-18)12-24-8-2-1-3-9-24/h1-2,4-7,10H,3,8-9,12H2,(H2,21,22,23). The summed E-state index contributed by atoms with van der Waals surface area (Å²) in [6, 6.07) is 11.5. The molecule has 0 aliphatic carbocycles. The number of anilines is 1. The van der Waals surface area contributed by atoms with Crippen LogP contribution >= 0.6 is 11.3 Å². The maximum Gasteiger partial charge on any atom is 0.163 e. The molecule has 25 heavy (non-hydrogen) atoms. The van der Waals surface area contributed by atoms with Crippen LogP contribution in [0.3, 0.4) is 0 Å². The Morgan fingerprint density at radius 3 is 2.76 bits per heavy atom. The van der Waals surface area contributed by atoms with E-state index in [1.165, 1.54) is 4.88 Å². The predicted molar refractivity (Wildman–Crippen MR) is 101 cm³/mol. The summed E-state index contributed by atoms with van der Waals surface area (Å²) in [5.41, 5.74) is 7.66. The van der Waals surface area contributed by atoms with Gasteiger partial charge < -0.3 is 5.73 Å². The SMILES string of the molecule is N#Cc1ccc(-c2nc(N)c3cc(CN4CC=CCC4)sc3n2)cc1. The Labute approximate surface area is 150 Å². The van der Waals surface area contributed by atoms with Gasteiger partial charge in [0.1, 0.15) is 10.6 Å². The fraction of sp³-hybridized carbons (Fsp3) is 0.211. The average molecular weight is 347 g/mol. The Kier molecular flexibility index (Phi) is 4.18. The number of hydrogen-bond acceptors (Lipinski definition) is 6. The van der Waals surface area contributed by atoms with Crippen LogP contribution < -0.4 is 5.73 Å². The maximum atomic E-state index is 8.91. The molecule has 4 rings (SSSR count). The lowest BCUT2D eigenvalue weighted by Gasteiger charge is -2.21. The molecule has 0 saturated heterocycles. The van der Waals surface area contributed by atoms with E-state index < -0.39 is 0 Å². The number of nitrogen functional groups attached to an aromatic ring is 1. The highest BCUT2D eigenvalue weighted by atomic mass is 32.1. The van der Waals surface area contributed by atoms with E-state index in [9.17, 15) is 0 Å². The molecule has 0 spiro atoms. The predicted octanol–water partition coefficient (Wildman–Crippen LogP) is 3.57. The van der Waals surface area contributed by atoms with Gasteiger partial charge in [0, 0.05) is 30.1 Å². The number of aromatic nitrogens is 2. The largest absolute Gasteiger partial charge is 0.383 e. The van der Waals surface area contributed by atoms with Crippen LogP contribution in [0, 0.1) is 11.3 Å². The summed E-state index contributed by atoms with van der Waals surface area (Å²) < 4.78 is 0. The van der Waals surface area contributed by atoms with Gasteiger partial charge in [-0.3, -0.25) is 4.90 Å². The number of benzene rings is 1. The first-order valence-electron chi connectivity index (χ1n) is 8.17. The van der Waals surface area contributed by atoms with Crippen LogP contribution in [0.2, 0.25) is 0 Å². The van der Waals surface area contributed by atoms with Gasteiger partial charge in [0.2, 0.25) is 0 Å². The van der Waals surface area contributed by atoms with E-state index >= 15 is 0 Å². The van der Waals surface area contributed by atoms with E-state index in [-0.39, 0.29) is 0 Å². The number of hydrogen-bond donors (Lipinski definition) is 1. The summed E-state index contributed by atoms with van der Waals surface area (Å²) in [5, 5.41) is 9.84. The molecule has 6 heteroatoms. The van der Waals surface area contributed by atoms with E-state index in [4.69, 9.17) is 11.0 Å². The molecule has 0 bridgehead atoms. The minimum atomic E-state index is 0.505. The molecule has 0 unspecified atom stereocenters. The lowest BCUT2D eigenvalue weighted by atomic mass is 10.1. The third-order valence-electron chi connectivity index (χ3n) is 4.27. The van der Waals surface area contributed by atoms with Gasteiger partial charge in [0.25, 0.3) is 0 Å². The summed E-state index contributed by atoms with van der Waals surface area (Å²) in [5.74, 6) is 1.11. The summed E-state index contributed by atoms with van der Waals surface area (Å²) in [6.45, 7) is 2.99. The summed E-state index contributed by atoms with van der Waals surface area (Å²) in [6.07, 6.45) is 5.55. The van der Waals surface area contributed by atoms with Crippen molar-refractivity contribution in [1.29, 1.82) is 5.26 Å². The molecule has 2 N–H and O–H groups in total. The lowest BCUT2D eigenvalue weighted by molar-refractivity contribution is 0.293. The summed E-state index contributed by atoms with van der Waals surface area (Å²) >= 11 is 1.67. The highest BCUT2D eigenvalue weighted by Crippen LogP contribution is 2.31. The van der Waals surface area contributed by atoms with Crippen molar-refractivity contribution in [2.24, 2.45) is 0 Å². The number of nitrogens with zero attached hydrogens (tertiary/aromatic N) is 4. The van der Waals surface area contributed by atoms with Crippen molar-refractivity contribution < 1.29 is 0 Å². The minimum Gasteiger partial charge on any atom is -0.383 e. The molecular formula is C19H17N5S. The maximum absolute atomic E-state index is 8.91. The normalized spacial score (nSPS) is 14.7. The van der Waals surface area contributed by atoms with Gasteiger partial charge in [0.05, 0.1) is 17.0 Å². The third-order valence-corrected chi connectivity index (χ3v) is 5.28. The molecule has 1 aliphatic heterocycles. The van der Waals surface area contributed by atoms with Crippen molar-refractivity contribution in [1.82, 2.24) is 14.9 Å². The van der Waals surface area contributed by atoms with Crippen LogP contribution in [-0.4, -0.2) is 28.0 Å². The summed E-state index contributed by atoms with van der Waals surface area (Å²) in [4.78, 5) is 13.7. The molecule has 3 heterocycles. The lowest BCUT2D eigenvalue weighted by Crippen LogP contribution is -2.26. The van der Waals surface area contributed by atoms with Crippen LogP contribution in [0.15, 0.2) is 42.5 Å². The van der Waals surface area contributed by atoms with E-state index in [0.717, 1.165) is 41.8 Å². The van der Waals surface area contributed by atoms with Gasteiger partial charge >= 0.3 is 0 Å². The molecule has 5 nitrogen and oxygen atoms in total. The van der Waals surface area contributed by atoms with Crippen LogP contribution in [0.5, 0.6) is 0 Å². The van der Waals surface area contributed by atoms with Gasteiger partial charge in [-0.05, 0) is 36.8 Å². The quantitative estimate of drug-likeness (QED) is 0.733. The second-order valence-corrected chi connectivity index (χ2v) is 7.16. The molecule has 0 saturated carbocycles. The molecule has 0 atom stereocenters. The van der Waals surface area contributed by atoms with E-state index in [1.807, 2.05) is 12.1 Å². The smallest absolute Gasteiger partial charge is 0.163 e. The van der Waals surface area contributed by atoms with Crippen molar-refractivity contribution in [3.8, 4) is 17.5 Å². The van der Waals surface area contributed by atoms with Crippen molar-refractivity contribution in [3.05, 3.63) is 52.9 Å². The second kappa shape index (κ2) is 6.63. The van der Waals surface area contributed by atoms with Crippen molar-refractivity contribution in [3.63, 3.8) is 0 Å². The molecular weight excluding hydrogens is 330 g/mol. The highest BCUT2D eigenvalue weighted by molar-refractivity contribution is 7.18. The summed E-state index contributed by atoms with van der Waals surface area (Å²) in [7, 11) is 0. The van der Waals surface area contributed by atoms with Crippen molar-refractivity contribution in [2.75, 3.05) is 18.8 Å². The van der Waals surface area contributed by atoms with Crippen LogP contribution in [-0.2, 0) is 6.54 Å². The van der Waals surface area contributed by atoms with Crippen LogP contribution in [0.1, 0.15) is 16.9 Å². The van der Waals surface area contributed by atoms with E-state index in [0.29, 0.717) is 17.2 Å². The number of rotatable bonds is 3. The van der Waals surface area contributed by atoms with Crippen molar-refractivity contribution in [2.45, 2.75) is 13.0 Å². The molecule has 0 amide bonds. The number of thiophene rings is 1. The first-order valence-corrected chi connectivity index (χ1v) is 8.98. The monoisotopic (exact) mass is 347 g/mol. The van der Waals surface area contributed by atoms with Crippen molar-refractivity contribution >= 4 is 27.4 Å². The molecule has 0 radical (unpaired) electrons. The minimum absolute atomic E-state index is 0.505. The molecule has 2 aromatic heterocycles. The van der Waals surface area contributed by atoms with Gasteiger partial charge in [-0.25, -0.2) is 9.97 Å². The first-order chi connectivity index (χ1) is 12.2. The fourth-order valence-corrected chi connectivity index (χ4v) is 4.03. The molecule has 1 aliphatic rings. The zero-order valence-corrected chi connectivity index (χ0v) is 14.5. The van der Waals surface area contributed by atoms with Gasteiger partial charge in [-0.15, -0.1) is 11.3 Å².